The summed E-state index contributed by atoms with van der Waals surface area (Å²) in [7, 11) is 2.60. The van der Waals surface area contributed by atoms with Crippen molar-refractivity contribution < 1.29 is 158 Å². The van der Waals surface area contributed by atoms with E-state index in [2.05, 4.69) is 15.9 Å². The monoisotopic (exact) mass is 1750 g/mol. The van der Waals surface area contributed by atoms with E-state index in [1.54, 1.807) is 74.5 Å². The third kappa shape index (κ3) is 24.4. The molecule has 628 valence electrons. The molecule has 0 atom stereocenters. The number of carbonyl (C=O) groups is 3. The summed E-state index contributed by atoms with van der Waals surface area (Å²) in [5, 5.41) is 26.0. The van der Waals surface area contributed by atoms with E-state index in [4.69, 9.17) is 78.4 Å². The van der Waals surface area contributed by atoms with Crippen molar-refractivity contribution in [3.8, 4) is 56.8 Å². The Morgan fingerprint density at radius 1 is 0.445 bits per heavy atom. The summed E-state index contributed by atoms with van der Waals surface area (Å²) in [6.07, 6.45) is -12.5. The Balaban J connectivity index is 0.000000256. The van der Waals surface area contributed by atoms with Gasteiger partial charge in [0.2, 0.25) is 0 Å². The summed E-state index contributed by atoms with van der Waals surface area (Å²) >= 11 is 3.24. The number of esters is 2. The second kappa shape index (κ2) is 43.2. The number of rotatable bonds is 26. The summed E-state index contributed by atoms with van der Waals surface area (Å²) < 4.78 is 225. The van der Waals surface area contributed by atoms with Crippen LogP contribution in [0.25, 0.3) is 55.2 Å². The molecular weight excluding hydrogens is 1680 g/mol. The van der Waals surface area contributed by atoms with E-state index in [1.807, 2.05) is 0 Å². The Bertz CT molecular complexity index is 5490. The molecule has 21 nitrogen and oxygen atoms in total. The number of nitrogens with two attached hydrogens (primary N) is 3. The van der Waals surface area contributed by atoms with E-state index < -0.39 is 77.7 Å². The Kier molecular flexibility index (Phi) is 35.2. The molecule has 0 amide bonds. The van der Waals surface area contributed by atoms with Crippen LogP contribution in [0.1, 0.15) is 80.6 Å². The number of carbonyl (C=O) groups excluding carboxylic acids is 2. The van der Waals surface area contributed by atoms with E-state index >= 15 is 8.78 Å². The van der Waals surface area contributed by atoms with Crippen LogP contribution in [0.4, 0.5) is 52.7 Å². The van der Waals surface area contributed by atoms with Crippen molar-refractivity contribution in [1.29, 1.82) is 0 Å². The average molecular weight is 1750 g/mol. The minimum absolute atomic E-state index is 0. The standard InChI is InChI=1S/C28H25F4NO5.C26H21F4NO5.C21H18BrF3O5.C7H9BFNO2.ClH.Li.H2O/c1-3-36-25(34)11-17-7-8-19(35-2)12-24(17)37-14-16-9-21(20-6-4-5-18(13-33)26(20)29)27-22(10-16)23(15-38-27)28(30,31)32;1-34-17-6-5-15(9-23(32)33)22(10-17)35-12-14-7-19(18-4-2-3-16(11-31)24(18)27)25-20(8-14)21(13-36-25)26(28,29)30;1-3-28-19(26)8-13-4-5-14(27-2)9-18(13)29-10-12-6-15-16(21(23,24)25)11-30-20(15)17(22)7-12;9-7-5(4-10)2-1-3-6(7)8(11)12;;;/h4-10,12,15H,3,11,13-14,33H2,1-2H3;2-8,10,13H,9,11-12,31H2,1H3,(H,32,33);4-7,9,11H,3,8,10H2,1-2H3;1-3,11-12H,4,10H2;1H;;1H2/q;;;;;+1;/p-1. The van der Waals surface area contributed by atoms with Gasteiger partial charge in [-0.05, 0) is 101 Å². The Labute approximate surface area is 698 Å². The molecule has 0 unspecified atom stereocenters. The number of carboxylic acid groups (broad SMARTS) is 1. The van der Waals surface area contributed by atoms with Gasteiger partial charge in [0.1, 0.15) is 124 Å². The number of aliphatic carboxylic acids is 1. The second-order valence-corrected chi connectivity index (χ2v) is 26.0. The number of fused-ring (bicyclic) bond motifs is 3. The van der Waals surface area contributed by atoms with Crippen LogP contribution in [0.3, 0.4) is 0 Å². The molecule has 3 aromatic heterocycles. The molecule has 0 aliphatic carbocycles. The minimum Gasteiger partial charge on any atom is -0.870 e. The number of hydrogen-bond acceptors (Lipinski definition) is 20. The Morgan fingerprint density at radius 3 is 1.10 bits per heavy atom. The summed E-state index contributed by atoms with van der Waals surface area (Å²) in [6, 6.07) is 36.3. The molecule has 0 saturated carbocycles. The van der Waals surface area contributed by atoms with Gasteiger partial charge in [0.15, 0.2) is 0 Å². The topological polar surface area (TPSA) is 333 Å². The van der Waals surface area contributed by atoms with Gasteiger partial charge in [0.25, 0.3) is 0 Å². The molecule has 0 saturated heterocycles. The van der Waals surface area contributed by atoms with Crippen LogP contribution in [0.15, 0.2) is 182 Å². The average Bonchev–Trinajstić information content (AvgIpc) is 1.64. The molecule has 37 heteroatoms. The first-order valence-electron chi connectivity index (χ1n) is 34.9. The molecule has 0 spiro atoms. The zero-order valence-corrected chi connectivity index (χ0v) is 66.4. The van der Waals surface area contributed by atoms with Crippen molar-refractivity contribution >= 4 is 91.7 Å². The SMILES string of the molecule is CCOC(=O)Cc1ccc(OC)cc1OCc1cc(-c2cccc(CN)c2F)c2occ(C(F)(F)F)c2c1.CCOC(=O)Cc1ccc(OC)cc1OCc1cc(Br)c2occ(C(F)(F)F)c2c1.COc1ccc(CC(=O)O)c(OCc2cc(-c3cccc(CN)c3F)c3occ(C(F)(F)F)c3c2)c1.Cl.NCc1cccc(B(O)O)c1F.[Li+].[OH-]. The van der Waals surface area contributed by atoms with Crippen LogP contribution in [-0.2, 0) is 101 Å². The van der Waals surface area contributed by atoms with E-state index in [9.17, 15) is 63.4 Å². The van der Waals surface area contributed by atoms with Crippen LogP contribution >= 0.6 is 28.3 Å². The van der Waals surface area contributed by atoms with Crippen molar-refractivity contribution in [3.63, 3.8) is 0 Å². The van der Waals surface area contributed by atoms with Crippen molar-refractivity contribution in [1.82, 2.24) is 0 Å². The molecule has 0 fully saturated rings. The molecular formula is C82H75BBrClF12LiN3O18. The molecule has 0 bridgehead atoms. The first-order chi connectivity index (χ1) is 55.2. The largest absolute Gasteiger partial charge is 1.00 e. The van der Waals surface area contributed by atoms with Gasteiger partial charge < -0.3 is 89.0 Å². The van der Waals surface area contributed by atoms with Gasteiger partial charge in [-0.2, -0.15) is 39.5 Å². The van der Waals surface area contributed by atoms with E-state index in [-0.39, 0.29) is 197 Å². The predicted molar refractivity (Wildman–Crippen MR) is 415 cm³/mol. The maximum atomic E-state index is 15.2. The number of ether oxygens (including phenoxy) is 8. The fourth-order valence-corrected chi connectivity index (χ4v) is 12.5. The Morgan fingerprint density at radius 2 is 0.773 bits per heavy atom. The molecule has 12 rings (SSSR count). The fourth-order valence-electron chi connectivity index (χ4n) is 11.9. The third-order valence-corrected chi connectivity index (χ3v) is 18.1. The molecule has 0 aliphatic rings. The Hall–Kier alpha value is -10.8. The number of methoxy groups -OCH3 is 3. The normalized spacial score (nSPS) is 11.1. The summed E-state index contributed by atoms with van der Waals surface area (Å²) in [5.41, 5.74) is 16.8. The zero-order valence-electron chi connectivity index (χ0n) is 64.0. The number of halogens is 14. The first-order valence-corrected chi connectivity index (χ1v) is 35.7. The van der Waals surface area contributed by atoms with Crippen LogP contribution in [0, 0.1) is 17.5 Å². The van der Waals surface area contributed by atoms with E-state index in [1.165, 1.54) is 106 Å². The van der Waals surface area contributed by atoms with Gasteiger partial charge in [0, 0.05) is 115 Å². The van der Waals surface area contributed by atoms with Crippen LogP contribution in [0.5, 0.6) is 34.5 Å². The molecule has 9 aromatic carbocycles. The summed E-state index contributed by atoms with van der Waals surface area (Å²) in [4.78, 5) is 35.1. The van der Waals surface area contributed by atoms with E-state index in [0.717, 1.165) is 0 Å². The second-order valence-electron chi connectivity index (χ2n) is 25.1. The molecule has 12 aromatic rings. The maximum absolute atomic E-state index is 15.2. The summed E-state index contributed by atoms with van der Waals surface area (Å²) in [5.74, 6) is -1.68. The van der Waals surface area contributed by atoms with Crippen molar-refractivity contribution in [2.24, 2.45) is 17.2 Å². The van der Waals surface area contributed by atoms with Crippen LogP contribution < -0.4 is 69.9 Å². The molecule has 3 heterocycles. The van der Waals surface area contributed by atoms with Gasteiger partial charge in [-0.15, -0.1) is 12.4 Å². The van der Waals surface area contributed by atoms with Crippen LogP contribution in [0.2, 0.25) is 0 Å². The van der Waals surface area contributed by atoms with E-state index in [0.29, 0.717) is 79.8 Å². The van der Waals surface area contributed by atoms with Crippen molar-refractivity contribution in [2.75, 3.05) is 34.5 Å². The van der Waals surface area contributed by atoms with Crippen molar-refractivity contribution in [3.05, 3.63) is 253 Å². The maximum Gasteiger partial charge on any atom is 1.00 e. The predicted octanol–water partition coefficient (Wildman–Crippen LogP) is 14.5. The van der Waals surface area contributed by atoms with Crippen molar-refractivity contribution in [2.45, 2.75) is 91.1 Å². The van der Waals surface area contributed by atoms with Gasteiger partial charge in [0.05, 0.1) is 58.3 Å². The molecule has 0 radical (unpaired) electrons. The fraction of sp³-hybridized carbons (Fsp3) is 0.232. The molecule has 10 N–H and O–H groups in total. The number of alkyl halides is 9. The minimum atomic E-state index is -4.71. The van der Waals surface area contributed by atoms with Gasteiger partial charge >= 0.3 is 62.4 Å². The van der Waals surface area contributed by atoms with Crippen LogP contribution in [-0.4, -0.2) is 80.2 Å². The number of benzene rings is 9. The van der Waals surface area contributed by atoms with Gasteiger partial charge in [-0.1, -0.05) is 72.8 Å². The van der Waals surface area contributed by atoms with Gasteiger partial charge in [-0.25, -0.2) is 13.2 Å². The van der Waals surface area contributed by atoms with Gasteiger partial charge in [-0.3, -0.25) is 14.4 Å². The number of carboxylic acids is 1. The smallest absolute Gasteiger partial charge is 0.870 e. The number of furan rings is 3. The molecule has 0 aliphatic heterocycles. The quantitative estimate of drug-likeness (QED) is 0.0167. The first kappa shape index (κ1) is 97.0. The third-order valence-electron chi connectivity index (χ3n) is 17.5. The molecule has 119 heavy (non-hydrogen) atoms. The zero-order chi connectivity index (χ0) is 84.5. The number of hydrogen-bond donors (Lipinski definition) is 6. The summed E-state index contributed by atoms with van der Waals surface area (Å²) in [6.45, 7) is 3.28.